The fraction of sp³-hybridized carbons (Fsp3) is 0.0667. The Morgan fingerprint density at radius 2 is 1.89 bits per heavy atom. The molecule has 0 amide bonds. The van der Waals surface area contributed by atoms with Crippen molar-refractivity contribution < 1.29 is 4.42 Å². The molecule has 4 heteroatoms. The molecule has 96 valence electrons. The molecular weight excluding hydrogens is 260 g/mol. The van der Waals surface area contributed by atoms with Crippen LogP contribution in [0.4, 0.5) is 0 Å². The summed E-state index contributed by atoms with van der Waals surface area (Å²) in [6, 6.07) is 17.2. The molecule has 0 spiro atoms. The number of hydrogen-bond acceptors (Lipinski definition) is 3. The first kappa shape index (κ1) is 12.2. The van der Waals surface area contributed by atoms with Crippen molar-refractivity contribution in [2.75, 3.05) is 0 Å². The molecule has 0 radical (unpaired) electrons. The lowest BCUT2D eigenvalue weighted by Gasteiger charge is -2.13. The fourth-order valence-corrected chi connectivity index (χ4v) is 2.37. The number of rotatable bonds is 3. The summed E-state index contributed by atoms with van der Waals surface area (Å²) in [6.07, 6.45) is 0. The van der Waals surface area contributed by atoms with Crippen molar-refractivity contribution in [2.45, 2.75) is 6.04 Å². The zero-order valence-electron chi connectivity index (χ0n) is 10.1. The van der Waals surface area contributed by atoms with Crippen molar-refractivity contribution in [3.8, 4) is 0 Å². The third-order valence-corrected chi connectivity index (χ3v) is 3.31. The van der Waals surface area contributed by atoms with Crippen molar-refractivity contribution in [2.24, 2.45) is 5.84 Å². The van der Waals surface area contributed by atoms with Crippen LogP contribution in [-0.2, 0) is 0 Å². The number of hydrazine groups is 1. The first-order chi connectivity index (χ1) is 9.28. The molecular formula is C15H13ClN2O. The predicted molar refractivity (Wildman–Crippen MR) is 76.8 cm³/mol. The van der Waals surface area contributed by atoms with Gasteiger partial charge in [-0.15, -0.1) is 0 Å². The lowest BCUT2D eigenvalue weighted by Crippen LogP contribution is -2.28. The molecule has 3 aromatic rings. The number of halogens is 1. The second kappa shape index (κ2) is 5.05. The van der Waals surface area contributed by atoms with E-state index in [1.165, 1.54) is 0 Å². The quantitative estimate of drug-likeness (QED) is 0.565. The zero-order valence-corrected chi connectivity index (χ0v) is 10.9. The SMILES string of the molecule is NNC(c1cccc(Cl)c1)c1cc2ccccc2o1. The van der Waals surface area contributed by atoms with Crippen LogP contribution in [0.15, 0.2) is 59.0 Å². The Balaban J connectivity index is 2.06. The van der Waals surface area contributed by atoms with E-state index in [1.54, 1.807) is 0 Å². The van der Waals surface area contributed by atoms with E-state index in [0.29, 0.717) is 5.02 Å². The Morgan fingerprint density at radius 3 is 2.63 bits per heavy atom. The Hall–Kier alpha value is -1.81. The lowest BCUT2D eigenvalue weighted by molar-refractivity contribution is 0.477. The Kier molecular flexibility index (Phi) is 3.25. The summed E-state index contributed by atoms with van der Waals surface area (Å²) in [6.45, 7) is 0. The van der Waals surface area contributed by atoms with Gasteiger partial charge in [-0.3, -0.25) is 5.84 Å². The van der Waals surface area contributed by atoms with Gasteiger partial charge in [0.25, 0.3) is 0 Å². The molecule has 3 nitrogen and oxygen atoms in total. The van der Waals surface area contributed by atoms with Crippen LogP contribution in [0.5, 0.6) is 0 Å². The summed E-state index contributed by atoms with van der Waals surface area (Å²) in [7, 11) is 0. The predicted octanol–water partition coefficient (Wildman–Crippen LogP) is 3.64. The maximum atomic E-state index is 6.01. The summed E-state index contributed by atoms with van der Waals surface area (Å²) >= 11 is 6.01. The van der Waals surface area contributed by atoms with E-state index in [2.05, 4.69) is 5.43 Å². The maximum absolute atomic E-state index is 6.01. The number of furan rings is 1. The topological polar surface area (TPSA) is 51.2 Å². The molecule has 3 N–H and O–H groups in total. The highest BCUT2D eigenvalue weighted by Gasteiger charge is 2.17. The summed E-state index contributed by atoms with van der Waals surface area (Å²) in [4.78, 5) is 0. The van der Waals surface area contributed by atoms with E-state index in [0.717, 1.165) is 22.3 Å². The van der Waals surface area contributed by atoms with Crippen molar-refractivity contribution in [3.63, 3.8) is 0 Å². The van der Waals surface area contributed by atoms with Crippen LogP contribution in [0.2, 0.25) is 5.02 Å². The van der Waals surface area contributed by atoms with Gasteiger partial charge in [-0.2, -0.15) is 0 Å². The number of hydrogen-bond donors (Lipinski definition) is 2. The van der Waals surface area contributed by atoms with E-state index >= 15 is 0 Å². The minimum atomic E-state index is -0.217. The molecule has 0 saturated heterocycles. The van der Waals surface area contributed by atoms with Gasteiger partial charge in [0.05, 0.1) is 0 Å². The second-order valence-corrected chi connectivity index (χ2v) is 4.78. The molecule has 19 heavy (non-hydrogen) atoms. The average molecular weight is 273 g/mol. The van der Waals surface area contributed by atoms with Gasteiger partial charge in [-0.05, 0) is 29.8 Å². The van der Waals surface area contributed by atoms with E-state index in [1.807, 2.05) is 54.6 Å². The normalized spacial score (nSPS) is 12.7. The molecule has 1 aromatic heterocycles. The van der Waals surface area contributed by atoms with Crippen molar-refractivity contribution in [3.05, 3.63) is 70.9 Å². The highest BCUT2D eigenvalue weighted by atomic mass is 35.5. The van der Waals surface area contributed by atoms with Gasteiger partial charge < -0.3 is 4.42 Å². The molecule has 1 heterocycles. The van der Waals surface area contributed by atoms with Crippen LogP contribution >= 0.6 is 11.6 Å². The highest BCUT2D eigenvalue weighted by Crippen LogP contribution is 2.28. The number of para-hydroxylation sites is 1. The highest BCUT2D eigenvalue weighted by molar-refractivity contribution is 6.30. The van der Waals surface area contributed by atoms with E-state index in [-0.39, 0.29) is 6.04 Å². The van der Waals surface area contributed by atoms with Crippen LogP contribution < -0.4 is 11.3 Å². The van der Waals surface area contributed by atoms with Crippen molar-refractivity contribution in [1.82, 2.24) is 5.43 Å². The summed E-state index contributed by atoms with van der Waals surface area (Å²) in [5.74, 6) is 6.43. The minimum Gasteiger partial charge on any atom is -0.459 e. The summed E-state index contributed by atoms with van der Waals surface area (Å²) in [5.41, 5.74) is 4.58. The second-order valence-electron chi connectivity index (χ2n) is 4.34. The first-order valence-electron chi connectivity index (χ1n) is 5.98. The van der Waals surface area contributed by atoms with Crippen LogP contribution in [0.25, 0.3) is 11.0 Å². The monoisotopic (exact) mass is 272 g/mol. The van der Waals surface area contributed by atoms with Gasteiger partial charge in [0.1, 0.15) is 17.4 Å². The van der Waals surface area contributed by atoms with Crippen LogP contribution in [0, 0.1) is 0 Å². The Labute approximate surface area is 115 Å². The first-order valence-corrected chi connectivity index (χ1v) is 6.36. The fourth-order valence-electron chi connectivity index (χ4n) is 2.17. The number of nitrogens with two attached hydrogens (primary N) is 1. The van der Waals surface area contributed by atoms with Gasteiger partial charge in [-0.25, -0.2) is 5.43 Å². The van der Waals surface area contributed by atoms with Gasteiger partial charge in [0.2, 0.25) is 0 Å². The maximum Gasteiger partial charge on any atom is 0.134 e. The molecule has 0 bridgehead atoms. The molecule has 0 aliphatic heterocycles. The van der Waals surface area contributed by atoms with Gasteiger partial charge in [0.15, 0.2) is 0 Å². The lowest BCUT2D eigenvalue weighted by atomic mass is 10.1. The molecule has 1 atom stereocenters. The molecule has 0 fully saturated rings. The van der Waals surface area contributed by atoms with Gasteiger partial charge >= 0.3 is 0 Å². The Bertz CT molecular complexity index is 675. The van der Waals surface area contributed by atoms with Crippen molar-refractivity contribution >= 4 is 22.6 Å². The molecule has 0 aliphatic rings. The van der Waals surface area contributed by atoms with Crippen molar-refractivity contribution in [1.29, 1.82) is 0 Å². The van der Waals surface area contributed by atoms with Gasteiger partial charge in [0, 0.05) is 10.4 Å². The standard InChI is InChI=1S/C15H13ClN2O/c16-12-6-3-5-11(8-12)15(18-17)14-9-10-4-1-2-7-13(10)19-14/h1-9,15,18H,17H2. The van der Waals surface area contributed by atoms with Crippen LogP contribution in [0.3, 0.4) is 0 Å². The molecule has 0 aliphatic carbocycles. The summed E-state index contributed by atoms with van der Waals surface area (Å²) < 4.78 is 5.83. The molecule has 0 saturated carbocycles. The number of benzene rings is 2. The molecule has 2 aromatic carbocycles. The number of fused-ring (bicyclic) bond motifs is 1. The van der Waals surface area contributed by atoms with Crippen LogP contribution in [-0.4, -0.2) is 0 Å². The number of nitrogens with one attached hydrogen (secondary N) is 1. The Morgan fingerprint density at radius 1 is 1.05 bits per heavy atom. The smallest absolute Gasteiger partial charge is 0.134 e. The van der Waals surface area contributed by atoms with Gasteiger partial charge in [-0.1, -0.05) is 41.9 Å². The third-order valence-electron chi connectivity index (χ3n) is 3.08. The third kappa shape index (κ3) is 2.36. The van der Waals surface area contributed by atoms with E-state index in [9.17, 15) is 0 Å². The van der Waals surface area contributed by atoms with Crippen LogP contribution in [0.1, 0.15) is 17.4 Å². The zero-order chi connectivity index (χ0) is 13.2. The van der Waals surface area contributed by atoms with E-state index in [4.69, 9.17) is 21.9 Å². The minimum absolute atomic E-state index is 0.217. The largest absolute Gasteiger partial charge is 0.459 e. The molecule has 3 rings (SSSR count). The summed E-state index contributed by atoms with van der Waals surface area (Å²) in [5, 5.41) is 1.73. The van der Waals surface area contributed by atoms with E-state index < -0.39 is 0 Å². The molecule has 1 unspecified atom stereocenters. The average Bonchev–Trinajstić information content (AvgIpc) is 2.83.